The Morgan fingerprint density at radius 2 is 2.54 bits per heavy atom. The van der Waals surface area contributed by atoms with Crippen molar-refractivity contribution >= 4 is 12.0 Å². The first-order valence-corrected chi connectivity index (χ1v) is 3.93. The Morgan fingerprint density at radius 3 is 2.92 bits per heavy atom. The summed E-state index contributed by atoms with van der Waals surface area (Å²) in [6.45, 7) is 2.14. The number of primary amides is 1. The molecule has 1 aromatic heterocycles. The van der Waals surface area contributed by atoms with Gasteiger partial charge >= 0.3 is 6.03 Å². The number of hydrogen-bond acceptors (Lipinski definition) is 3. The summed E-state index contributed by atoms with van der Waals surface area (Å²) >= 11 is 0. The van der Waals surface area contributed by atoms with E-state index in [-0.39, 0.29) is 6.04 Å². The lowest BCUT2D eigenvalue weighted by Crippen LogP contribution is -2.43. The molecule has 5 N–H and O–H groups in total. The maximum Gasteiger partial charge on any atom is 0.321 e. The van der Waals surface area contributed by atoms with Gasteiger partial charge in [-0.3, -0.25) is 4.90 Å². The van der Waals surface area contributed by atoms with Crippen LogP contribution in [0.5, 0.6) is 0 Å². The molecule has 0 spiro atoms. The molecule has 0 aliphatic carbocycles. The number of nitrogens with one attached hydrogen (secondary N) is 1. The molecule has 0 saturated heterocycles. The van der Waals surface area contributed by atoms with E-state index in [0.29, 0.717) is 12.5 Å². The van der Waals surface area contributed by atoms with Crippen molar-refractivity contribution in [3.63, 3.8) is 0 Å². The number of nitrogens with zero attached hydrogens (tertiary/aromatic N) is 2. The van der Waals surface area contributed by atoms with Crippen LogP contribution in [0.1, 0.15) is 6.92 Å². The number of urea groups is 1. The SMILES string of the molecule is CC(N)CN(C(N)=O)c1ncc[nH]1. The summed E-state index contributed by atoms with van der Waals surface area (Å²) in [5.74, 6) is 0.421. The summed E-state index contributed by atoms with van der Waals surface area (Å²) in [4.78, 5) is 18.9. The van der Waals surface area contributed by atoms with Gasteiger partial charge in [-0.25, -0.2) is 9.78 Å². The Balaban J connectivity index is 2.75. The maximum atomic E-state index is 11.0. The van der Waals surface area contributed by atoms with Crippen LogP contribution < -0.4 is 16.4 Å². The third kappa shape index (κ3) is 2.45. The molecule has 2 amide bonds. The third-order valence-electron chi connectivity index (χ3n) is 1.48. The molecule has 0 radical (unpaired) electrons. The van der Waals surface area contributed by atoms with Crippen molar-refractivity contribution in [2.75, 3.05) is 11.4 Å². The second kappa shape index (κ2) is 3.90. The van der Waals surface area contributed by atoms with E-state index in [2.05, 4.69) is 9.97 Å². The third-order valence-corrected chi connectivity index (χ3v) is 1.48. The Morgan fingerprint density at radius 1 is 1.85 bits per heavy atom. The number of imidazole rings is 1. The Hall–Kier alpha value is -1.56. The molecule has 72 valence electrons. The summed E-state index contributed by atoms with van der Waals surface area (Å²) in [7, 11) is 0. The largest absolute Gasteiger partial charge is 0.351 e. The lowest BCUT2D eigenvalue weighted by atomic mass is 10.3. The fourth-order valence-electron chi connectivity index (χ4n) is 0.973. The van der Waals surface area contributed by atoms with E-state index in [4.69, 9.17) is 11.5 Å². The van der Waals surface area contributed by atoms with Crippen LogP contribution in [0.4, 0.5) is 10.7 Å². The molecule has 6 heteroatoms. The minimum Gasteiger partial charge on any atom is -0.351 e. The Bertz CT molecular complexity index is 268. The highest BCUT2D eigenvalue weighted by molar-refractivity contribution is 5.88. The minimum absolute atomic E-state index is 0.141. The van der Waals surface area contributed by atoms with E-state index < -0.39 is 6.03 Å². The van der Waals surface area contributed by atoms with E-state index in [9.17, 15) is 4.79 Å². The lowest BCUT2D eigenvalue weighted by Gasteiger charge is -2.19. The zero-order valence-corrected chi connectivity index (χ0v) is 7.40. The van der Waals surface area contributed by atoms with Gasteiger partial charge in [0.25, 0.3) is 0 Å². The molecular formula is C7H13N5O. The first-order valence-electron chi connectivity index (χ1n) is 3.93. The van der Waals surface area contributed by atoms with Gasteiger partial charge in [-0.1, -0.05) is 0 Å². The van der Waals surface area contributed by atoms with Gasteiger partial charge in [-0.2, -0.15) is 0 Å². The smallest absolute Gasteiger partial charge is 0.321 e. The number of aromatic amines is 1. The summed E-state index contributed by atoms with van der Waals surface area (Å²) in [5.41, 5.74) is 10.7. The highest BCUT2D eigenvalue weighted by Crippen LogP contribution is 2.05. The van der Waals surface area contributed by atoms with Crippen LogP contribution in [0.15, 0.2) is 12.4 Å². The van der Waals surface area contributed by atoms with Crippen molar-refractivity contribution in [1.29, 1.82) is 0 Å². The number of anilines is 1. The Kier molecular flexibility index (Phi) is 2.86. The van der Waals surface area contributed by atoms with Gasteiger partial charge in [0.2, 0.25) is 5.95 Å². The number of nitrogens with two attached hydrogens (primary N) is 2. The van der Waals surface area contributed by atoms with Crippen LogP contribution in [-0.2, 0) is 0 Å². The molecule has 1 unspecified atom stereocenters. The number of hydrogen-bond donors (Lipinski definition) is 3. The van der Waals surface area contributed by atoms with E-state index in [1.807, 2.05) is 0 Å². The highest BCUT2D eigenvalue weighted by Gasteiger charge is 2.15. The summed E-state index contributed by atoms with van der Waals surface area (Å²) in [6, 6.07) is -0.704. The average molecular weight is 183 g/mol. The van der Waals surface area contributed by atoms with E-state index >= 15 is 0 Å². The lowest BCUT2D eigenvalue weighted by molar-refractivity contribution is 0.253. The normalized spacial score (nSPS) is 12.5. The van der Waals surface area contributed by atoms with Crippen molar-refractivity contribution < 1.29 is 4.79 Å². The molecule has 1 atom stereocenters. The number of carbonyl (C=O) groups is 1. The molecule has 13 heavy (non-hydrogen) atoms. The summed E-state index contributed by atoms with van der Waals surface area (Å²) in [5, 5.41) is 0. The van der Waals surface area contributed by atoms with Gasteiger partial charge in [-0.05, 0) is 6.92 Å². The number of aromatic nitrogens is 2. The van der Waals surface area contributed by atoms with E-state index in [1.165, 1.54) is 4.90 Å². The van der Waals surface area contributed by atoms with Gasteiger partial charge in [0.05, 0.1) is 0 Å². The predicted molar refractivity (Wildman–Crippen MR) is 49.2 cm³/mol. The van der Waals surface area contributed by atoms with Gasteiger partial charge in [0.1, 0.15) is 0 Å². The first-order chi connectivity index (χ1) is 6.11. The average Bonchev–Trinajstić information content (AvgIpc) is 2.50. The molecule has 0 bridgehead atoms. The molecular weight excluding hydrogens is 170 g/mol. The Labute approximate surface area is 75.9 Å². The fraction of sp³-hybridized carbons (Fsp3) is 0.429. The molecule has 0 aliphatic heterocycles. The number of amides is 2. The topological polar surface area (TPSA) is 101 Å². The van der Waals surface area contributed by atoms with E-state index in [0.717, 1.165) is 0 Å². The van der Waals surface area contributed by atoms with Crippen molar-refractivity contribution in [3.8, 4) is 0 Å². The quantitative estimate of drug-likeness (QED) is 0.596. The monoisotopic (exact) mass is 183 g/mol. The number of H-pyrrole nitrogens is 1. The molecule has 6 nitrogen and oxygen atoms in total. The van der Waals surface area contributed by atoms with Gasteiger partial charge < -0.3 is 16.5 Å². The van der Waals surface area contributed by atoms with Crippen molar-refractivity contribution in [3.05, 3.63) is 12.4 Å². The van der Waals surface area contributed by atoms with Crippen LogP contribution in [-0.4, -0.2) is 28.6 Å². The van der Waals surface area contributed by atoms with Gasteiger partial charge in [0, 0.05) is 25.0 Å². The second-order valence-electron chi connectivity index (χ2n) is 2.84. The van der Waals surface area contributed by atoms with Crippen LogP contribution in [0.25, 0.3) is 0 Å². The van der Waals surface area contributed by atoms with Crippen LogP contribution >= 0.6 is 0 Å². The molecule has 1 rings (SSSR count). The molecule has 0 fully saturated rings. The highest BCUT2D eigenvalue weighted by atomic mass is 16.2. The van der Waals surface area contributed by atoms with Crippen LogP contribution in [0, 0.1) is 0 Å². The number of carbonyl (C=O) groups excluding carboxylic acids is 1. The van der Waals surface area contributed by atoms with Gasteiger partial charge in [-0.15, -0.1) is 0 Å². The fourth-order valence-corrected chi connectivity index (χ4v) is 0.973. The molecule has 0 aliphatic rings. The second-order valence-corrected chi connectivity index (χ2v) is 2.84. The zero-order chi connectivity index (χ0) is 9.84. The zero-order valence-electron chi connectivity index (χ0n) is 7.40. The molecule has 1 heterocycles. The predicted octanol–water partition coefficient (Wildman–Crippen LogP) is -0.358. The summed E-state index contributed by atoms with van der Waals surface area (Å²) < 4.78 is 0. The maximum absolute atomic E-state index is 11.0. The minimum atomic E-state index is -0.563. The van der Waals surface area contributed by atoms with Gasteiger partial charge in [0.15, 0.2) is 0 Å². The van der Waals surface area contributed by atoms with Crippen LogP contribution in [0.3, 0.4) is 0 Å². The molecule has 0 saturated carbocycles. The molecule has 1 aromatic rings. The van der Waals surface area contributed by atoms with E-state index in [1.54, 1.807) is 19.3 Å². The molecule has 0 aromatic carbocycles. The van der Waals surface area contributed by atoms with Crippen LogP contribution in [0.2, 0.25) is 0 Å². The first kappa shape index (κ1) is 9.53. The van der Waals surface area contributed by atoms with Crippen molar-refractivity contribution in [2.45, 2.75) is 13.0 Å². The summed E-state index contributed by atoms with van der Waals surface area (Å²) in [6.07, 6.45) is 3.17. The van der Waals surface area contributed by atoms with Crippen molar-refractivity contribution in [2.24, 2.45) is 11.5 Å². The standard InChI is InChI=1S/C7H13N5O/c1-5(8)4-12(6(9)13)7-10-2-3-11-7/h2-3,5H,4,8H2,1H3,(H2,9,13)(H,10,11). The van der Waals surface area contributed by atoms with Crippen molar-refractivity contribution in [1.82, 2.24) is 9.97 Å². The number of rotatable bonds is 3.